The van der Waals surface area contributed by atoms with Crippen molar-refractivity contribution in [2.45, 2.75) is 45.2 Å². The second kappa shape index (κ2) is 8.82. The predicted octanol–water partition coefficient (Wildman–Crippen LogP) is 2.68. The molecule has 0 rings (SSSR count). The molecule has 1 atom stereocenters. The van der Waals surface area contributed by atoms with Crippen molar-refractivity contribution in [3.8, 4) is 0 Å². The van der Waals surface area contributed by atoms with E-state index < -0.39 is 12.6 Å². The number of nitrogens with two attached hydrogens (primary N) is 1. The number of alkyl halides is 3. The molecule has 0 fully saturated rings. The lowest BCUT2D eigenvalue weighted by Gasteiger charge is -2.14. The van der Waals surface area contributed by atoms with Gasteiger partial charge in [-0.05, 0) is 44.8 Å². The lowest BCUT2D eigenvalue weighted by Crippen LogP contribution is -2.28. The van der Waals surface area contributed by atoms with Crippen molar-refractivity contribution < 1.29 is 13.2 Å². The summed E-state index contributed by atoms with van der Waals surface area (Å²) < 4.78 is 35.4. The maximum absolute atomic E-state index is 11.8. The van der Waals surface area contributed by atoms with Gasteiger partial charge in [-0.15, -0.1) is 0 Å². The zero-order chi connectivity index (χ0) is 12.4. The molecule has 0 saturated heterocycles. The molecule has 0 radical (unpaired) electrons. The number of hydrogen-bond donors (Lipinski definition) is 2. The van der Waals surface area contributed by atoms with Gasteiger partial charge in [-0.2, -0.15) is 13.2 Å². The standard InChI is InChI=1S/C11H23F3N2/c1-2-5-10(8-15)9-16-7-4-3-6-11(12,13)14/h10,16H,2-9,15H2,1H3. The fraction of sp³-hybridized carbons (Fsp3) is 1.00. The van der Waals surface area contributed by atoms with Gasteiger partial charge in [0.05, 0.1) is 0 Å². The summed E-state index contributed by atoms with van der Waals surface area (Å²) in [7, 11) is 0. The van der Waals surface area contributed by atoms with Crippen molar-refractivity contribution in [3.63, 3.8) is 0 Å². The van der Waals surface area contributed by atoms with Crippen LogP contribution < -0.4 is 11.1 Å². The molecule has 0 aromatic rings. The number of hydrogen-bond acceptors (Lipinski definition) is 2. The number of unbranched alkanes of at least 4 members (excludes halogenated alkanes) is 1. The second-order valence-electron chi connectivity index (χ2n) is 4.17. The van der Waals surface area contributed by atoms with Gasteiger partial charge < -0.3 is 11.1 Å². The SMILES string of the molecule is CCCC(CN)CNCCCCC(F)(F)F. The fourth-order valence-electron chi connectivity index (χ4n) is 1.59. The van der Waals surface area contributed by atoms with Gasteiger partial charge in [-0.1, -0.05) is 13.3 Å². The van der Waals surface area contributed by atoms with Crippen LogP contribution in [0.15, 0.2) is 0 Å². The van der Waals surface area contributed by atoms with Crippen LogP contribution >= 0.6 is 0 Å². The van der Waals surface area contributed by atoms with E-state index in [0.29, 0.717) is 25.4 Å². The third-order valence-corrected chi connectivity index (χ3v) is 2.53. The van der Waals surface area contributed by atoms with Gasteiger partial charge in [-0.3, -0.25) is 0 Å². The van der Waals surface area contributed by atoms with Gasteiger partial charge in [0, 0.05) is 6.42 Å². The van der Waals surface area contributed by atoms with E-state index in [-0.39, 0.29) is 6.42 Å². The molecule has 0 heterocycles. The Morgan fingerprint density at radius 1 is 1.25 bits per heavy atom. The Bertz CT molecular complexity index is 160. The Balaban J connectivity index is 3.32. The lowest BCUT2D eigenvalue weighted by atomic mass is 10.0. The number of nitrogens with one attached hydrogen (secondary N) is 1. The van der Waals surface area contributed by atoms with Gasteiger partial charge >= 0.3 is 6.18 Å². The minimum atomic E-state index is -4.01. The van der Waals surface area contributed by atoms with Crippen LogP contribution in [0.5, 0.6) is 0 Å². The van der Waals surface area contributed by atoms with Crippen LogP contribution in [-0.2, 0) is 0 Å². The Kier molecular flexibility index (Phi) is 8.66. The molecular weight excluding hydrogens is 217 g/mol. The van der Waals surface area contributed by atoms with E-state index in [0.717, 1.165) is 19.4 Å². The van der Waals surface area contributed by atoms with Crippen LogP contribution in [-0.4, -0.2) is 25.8 Å². The van der Waals surface area contributed by atoms with Crippen LogP contribution in [0.25, 0.3) is 0 Å². The monoisotopic (exact) mass is 240 g/mol. The highest BCUT2D eigenvalue weighted by Crippen LogP contribution is 2.21. The first-order chi connectivity index (χ1) is 7.49. The molecular formula is C11H23F3N2. The van der Waals surface area contributed by atoms with E-state index in [1.54, 1.807) is 0 Å². The normalized spacial score (nSPS) is 14.1. The lowest BCUT2D eigenvalue weighted by molar-refractivity contribution is -0.135. The molecule has 5 heteroatoms. The smallest absolute Gasteiger partial charge is 0.330 e. The number of rotatable bonds is 9. The fourth-order valence-corrected chi connectivity index (χ4v) is 1.59. The van der Waals surface area contributed by atoms with Crippen molar-refractivity contribution in [1.82, 2.24) is 5.32 Å². The third-order valence-electron chi connectivity index (χ3n) is 2.53. The second-order valence-corrected chi connectivity index (χ2v) is 4.17. The first-order valence-electron chi connectivity index (χ1n) is 5.97. The molecule has 16 heavy (non-hydrogen) atoms. The molecule has 0 aliphatic heterocycles. The van der Waals surface area contributed by atoms with E-state index >= 15 is 0 Å². The highest BCUT2D eigenvalue weighted by molar-refractivity contribution is 4.63. The van der Waals surface area contributed by atoms with Crippen molar-refractivity contribution in [2.24, 2.45) is 11.7 Å². The van der Waals surface area contributed by atoms with E-state index in [9.17, 15) is 13.2 Å². The summed E-state index contributed by atoms with van der Waals surface area (Å²) >= 11 is 0. The average molecular weight is 240 g/mol. The summed E-state index contributed by atoms with van der Waals surface area (Å²) in [6.07, 6.45) is -1.74. The van der Waals surface area contributed by atoms with Gasteiger partial charge in [0.2, 0.25) is 0 Å². The zero-order valence-corrected chi connectivity index (χ0v) is 9.95. The molecule has 2 nitrogen and oxygen atoms in total. The minimum Gasteiger partial charge on any atom is -0.330 e. The summed E-state index contributed by atoms with van der Waals surface area (Å²) in [6.45, 7) is 4.21. The summed E-state index contributed by atoms with van der Waals surface area (Å²) in [4.78, 5) is 0. The minimum absolute atomic E-state index is 0.206. The van der Waals surface area contributed by atoms with E-state index in [1.165, 1.54) is 0 Å². The van der Waals surface area contributed by atoms with Gasteiger partial charge in [0.1, 0.15) is 0 Å². The third kappa shape index (κ3) is 10.2. The molecule has 1 unspecified atom stereocenters. The molecule has 3 N–H and O–H groups in total. The van der Waals surface area contributed by atoms with E-state index in [4.69, 9.17) is 5.73 Å². The Morgan fingerprint density at radius 2 is 1.94 bits per heavy atom. The Hall–Kier alpha value is -0.290. The first kappa shape index (κ1) is 15.7. The summed E-state index contributed by atoms with van der Waals surface area (Å²) in [5.74, 6) is 0.451. The van der Waals surface area contributed by atoms with Crippen molar-refractivity contribution in [2.75, 3.05) is 19.6 Å². The molecule has 98 valence electrons. The molecule has 0 aliphatic carbocycles. The topological polar surface area (TPSA) is 38.0 Å². The largest absolute Gasteiger partial charge is 0.389 e. The molecule has 0 amide bonds. The van der Waals surface area contributed by atoms with Crippen molar-refractivity contribution in [3.05, 3.63) is 0 Å². The van der Waals surface area contributed by atoms with Crippen LogP contribution in [0.2, 0.25) is 0 Å². The molecule has 0 aromatic heterocycles. The van der Waals surface area contributed by atoms with Crippen LogP contribution in [0.3, 0.4) is 0 Å². The molecule has 0 bridgehead atoms. The van der Waals surface area contributed by atoms with Gasteiger partial charge in [0.25, 0.3) is 0 Å². The highest BCUT2D eigenvalue weighted by atomic mass is 19.4. The number of halogens is 3. The van der Waals surface area contributed by atoms with Crippen molar-refractivity contribution in [1.29, 1.82) is 0 Å². The van der Waals surface area contributed by atoms with Gasteiger partial charge in [0.15, 0.2) is 0 Å². The predicted molar refractivity (Wildman–Crippen MR) is 60.2 cm³/mol. The van der Waals surface area contributed by atoms with Gasteiger partial charge in [-0.25, -0.2) is 0 Å². The van der Waals surface area contributed by atoms with Crippen LogP contribution in [0.4, 0.5) is 13.2 Å². The molecule has 0 aliphatic rings. The summed E-state index contributed by atoms with van der Waals surface area (Å²) in [5.41, 5.74) is 5.57. The maximum atomic E-state index is 11.8. The maximum Gasteiger partial charge on any atom is 0.389 e. The molecule has 0 saturated carbocycles. The Labute approximate surface area is 95.8 Å². The summed E-state index contributed by atoms with van der Waals surface area (Å²) in [5, 5.41) is 3.16. The van der Waals surface area contributed by atoms with Crippen molar-refractivity contribution >= 4 is 0 Å². The van der Waals surface area contributed by atoms with E-state index in [2.05, 4.69) is 12.2 Å². The first-order valence-corrected chi connectivity index (χ1v) is 5.97. The molecule has 0 spiro atoms. The average Bonchev–Trinajstić information content (AvgIpc) is 2.20. The quantitative estimate of drug-likeness (QED) is 0.608. The zero-order valence-electron chi connectivity index (χ0n) is 9.95. The Morgan fingerprint density at radius 3 is 2.44 bits per heavy atom. The summed E-state index contributed by atoms with van der Waals surface area (Å²) in [6, 6.07) is 0. The van der Waals surface area contributed by atoms with Crippen LogP contribution in [0, 0.1) is 5.92 Å². The van der Waals surface area contributed by atoms with Crippen LogP contribution in [0.1, 0.15) is 39.0 Å². The molecule has 0 aromatic carbocycles. The highest BCUT2D eigenvalue weighted by Gasteiger charge is 2.25. The van der Waals surface area contributed by atoms with E-state index in [1.807, 2.05) is 0 Å².